The number of thioether (sulfide) groups is 1. The summed E-state index contributed by atoms with van der Waals surface area (Å²) in [6.45, 7) is 9.45. The van der Waals surface area contributed by atoms with Gasteiger partial charge in [0.25, 0.3) is 0 Å². The molecule has 0 spiro atoms. The molecule has 2 saturated heterocycles. The van der Waals surface area contributed by atoms with Crippen molar-refractivity contribution in [2.24, 2.45) is 4.99 Å². The third-order valence-corrected chi connectivity index (χ3v) is 7.51. The molecule has 2 aromatic carbocycles. The van der Waals surface area contributed by atoms with Crippen LogP contribution in [-0.4, -0.2) is 46.4 Å². The molecule has 0 aliphatic carbocycles. The number of carbonyl (C=O) groups excluding carboxylic acids is 2. The Bertz CT molecular complexity index is 1050. The fourth-order valence-electron chi connectivity index (χ4n) is 4.30. The first-order valence-corrected chi connectivity index (χ1v) is 12.8. The summed E-state index contributed by atoms with van der Waals surface area (Å²) in [5.74, 6) is 0.206. The van der Waals surface area contributed by atoms with Crippen LogP contribution in [0.2, 0.25) is 0 Å². The van der Waals surface area contributed by atoms with Gasteiger partial charge in [-0.15, -0.1) is 0 Å². The van der Waals surface area contributed by atoms with Crippen LogP contribution >= 0.6 is 11.8 Å². The lowest BCUT2D eigenvalue weighted by atomic mass is 10.0. The minimum Gasteiger partial charge on any atom is -0.376 e. The van der Waals surface area contributed by atoms with Gasteiger partial charge in [0.1, 0.15) is 5.25 Å². The number of nitrogens with zero attached hydrogens (tertiary/aromatic N) is 2. The second-order valence-corrected chi connectivity index (χ2v) is 10.5. The highest BCUT2D eigenvalue weighted by Crippen LogP contribution is 2.33. The second-order valence-electron chi connectivity index (χ2n) is 9.35. The van der Waals surface area contributed by atoms with E-state index in [-0.39, 0.29) is 24.3 Å². The number of aliphatic imine (C=N–C) groups is 1. The number of nitrogens with one attached hydrogen (secondary N) is 1. The summed E-state index contributed by atoms with van der Waals surface area (Å²) in [4.78, 5) is 32.7. The molecular weight excluding hydrogens is 446 g/mol. The van der Waals surface area contributed by atoms with E-state index in [1.165, 1.54) is 17.3 Å². The Balaban J connectivity index is 1.52. The summed E-state index contributed by atoms with van der Waals surface area (Å²) in [6.07, 6.45) is 2.05. The van der Waals surface area contributed by atoms with Crippen LogP contribution < -0.4 is 5.32 Å². The number of anilines is 1. The van der Waals surface area contributed by atoms with E-state index in [1.54, 1.807) is 4.90 Å². The lowest BCUT2D eigenvalue weighted by Gasteiger charge is -2.20. The number of benzene rings is 2. The Morgan fingerprint density at radius 3 is 2.50 bits per heavy atom. The largest absolute Gasteiger partial charge is 0.376 e. The average molecular weight is 480 g/mol. The number of amides is 2. The molecule has 2 aromatic rings. The Labute approximate surface area is 206 Å². The molecule has 34 heavy (non-hydrogen) atoms. The third kappa shape index (κ3) is 5.70. The maximum atomic E-state index is 13.3. The normalized spacial score (nSPS) is 21.6. The van der Waals surface area contributed by atoms with Gasteiger partial charge in [-0.3, -0.25) is 14.5 Å². The molecule has 2 aliphatic rings. The molecule has 7 heteroatoms. The minimum atomic E-state index is -0.501. The zero-order chi connectivity index (χ0) is 24.2. The number of aryl methyl sites for hydroxylation is 2. The Morgan fingerprint density at radius 2 is 1.88 bits per heavy atom. The first-order valence-electron chi connectivity index (χ1n) is 12.0. The molecule has 180 valence electrons. The Morgan fingerprint density at radius 1 is 1.18 bits per heavy atom. The Kier molecular flexibility index (Phi) is 7.73. The van der Waals surface area contributed by atoms with Gasteiger partial charge in [0.2, 0.25) is 11.8 Å². The van der Waals surface area contributed by atoms with Gasteiger partial charge in [0.15, 0.2) is 5.17 Å². The van der Waals surface area contributed by atoms with Gasteiger partial charge >= 0.3 is 0 Å². The van der Waals surface area contributed by atoms with Gasteiger partial charge in [0, 0.05) is 18.7 Å². The summed E-state index contributed by atoms with van der Waals surface area (Å²) in [5.41, 5.74) is 4.88. The zero-order valence-corrected chi connectivity index (χ0v) is 21.2. The quantitative estimate of drug-likeness (QED) is 0.564. The first kappa shape index (κ1) is 24.5. The highest BCUT2D eigenvalue weighted by Gasteiger charge is 2.40. The van der Waals surface area contributed by atoms with Crippen molar-refractivity contribution >= 4 is 40.1 Å². The van der Waals surface area contributed by atoms with Crippen LogP contribution in [0.1, 0.15) is 55.7 Å². The van der Waals surface area contributed by atoms with Crippen LogP contribution in [0.3, 0.4) is 0 Å². The molecule has 0 aromatic heterocycles. The molecule has 0 bridgehead atoms. The monoisotopic (exact) mass is 479 g/mol. The third-order valence-electron chi connectivity index (χ3n) is 6.33. The van der Waals surface area contributed by atoms with Crippen molar-refractivity contribution in [1.82, 2.24) is 4.90 Å². The van der Waals surface area contributed by atoms with Crippen LogP contribution in [0.25, 0.3) is 0 Å². The van der Waals surface area contributed by atoms with Crippen molar-refractivity contribution in [1.29, 1.82) is 0 Å². The first-order chi connectivity index (χ1) is 16.3. The number of ether oxygens (including phenoxy) is 1. The van der Waals surface area contributed by atoms with Gasteiger partial charge in [-0.05, 0) is 61.4 Å². The van der Waals surface area contributed by atoms with Gasteiger partial charge in [-0.1, -0.05) is 55.9 Å². The molecular formula is C27H33N3O3S. The number of para-hydroxylation sites is 1. The molecule has 0 radical (unpaired) electrons. The maximum absolute atomic E-state index is 13.3. The molecule has 0 saturated carbocycles. The van der Waals surface area contributed by atoms with Crippen LogP contribution in [-0.2, 0) is 14.3 Å². The number of rotatable bonds is 7. The van der Waals surface area contributed by atoms with Crippen molar-refractivity contribution < 1.29 is 14.3 Å². The number of amidine groups is 1. The molecule has 1 N–H and O–H groups in total. The fourth-order valence-corrected chi connectivity index (χ4v) is 5.47. The molecule has 2 heterocycles. The van der Waals surface area contributed by atoms with Crippen molar-refractivity contribution in [2.45, 2.75) is 64.2 Å². The van der Waals surface area contributed by atoms with E-state index in [0.29, 0.717) is 17.6 Å². The van der Waals surface area contributed by atoms with Gasteiger partial charge < -0.3 is 10.1 Å². The van der Waals surface area contributed by atoms with Crippen LogP contribution in [0.5, 0.6) is 0 Å². The molecule has 2 fully saturated rings. The predicted octanol–water partition coefficient (Wildman–Crippen LogP) is 5.57. The molecule has 6 nitrogen and oxygen atoms in total. The predicted molar refractivity (Wildman–Crippen MR) is 139 cm³/mol. The standard InChI is InChI=1S/C27H33N3O3S/c1-17(2)20-10-12-21(13-11-20)28-27-30(16-22-9-6-14-33-22)26(32)23(34-27)15-24(31)29-25-18(3)7-5-8-19(25)4/h5,7-8,10-13,17,22-23H,6,9,14-16H2,1-4H3,(H,29,31). The molecule has 2 aliphatic heterocycles. The molecule has 2 atom stereocenters. The highest BCUT2D eigenvalue weighted by molar-refractivity contribution is 8.15. The molecule has 2 unspecified atom stereocenters. The SMILES string of the molecule is Cc1cccc(C)c1NC(=O)CC1SC(=Nc2ccc(C(C)C)cc2)N(CC2CCCO2)C1=O. The number of carbonyl (C=O) groups is 2. The van der Waals surface area contributed by atoms with Crippen LogP contribution in [0, 0.1) is 13.8 Å². The van der Waals surface area contributed by atoms with E-state index in [0.717, 1.165) is 42.0 Å². The molecule has 2 amide bonds. The van der Waals surface area contributed by atoms with Gasteiger partial charge in [-0.25, -0.2) is 4.99 Å². The minimum absolute atomic E-state index is 0.0141. The van der Waals surface area contributed by atoms with Crippen molar-refractivity contribution in [3.8, 4) is 0 Å². The van der Waals surface area contributed by atoms with E-state index >= 15 is 0 Å². The van der Waals surface area contributed by atoms with Crippen molar-refractivity contribution in [3.63, 3.8) is 0 Å². The van der Waals surface area contributed by atoms with E-state index in [9.17, 15) is 9.59 Å². The van der Waals surface area contributed by atoms with E-state index in [2.05, 4.69) is 31.3 Å². The van der Waals surface area contributed by atoms with E-state index in [4.69, 9.17) is 9.73 Å². The Hall–Kier alpha value is -2.64. The lowest BCUT2D eigenvalue weighted by Crippen LogP contribution is -2.38. The summed E-state index contributed by atoms with van der Waals surface area (Å²) in [7, 11) is 0. The van der Waals surface area contributed by atoms with Crippen LogP contribution in [0.15, 0.2) is 47.5 Å². The summed E-state index contributed by atoms with van der Waals surface area (Å²) >= 11 is 1.37. The lowest BCUT2D eigenvalue weighted by molar-refractivity contribution is -0.129. The van der Waals surface area contributed by atoms with Crippen molar-refractivity contribution in [3.05, 3.63) is 59.2 Å². The summed E-state index contributed by atoms with van der Waals surface area (Å²) in [6, 6.07) is 14.0. The maximum Gasteiger partial charge on any atom is 0.242 e. The summed E-state index contributed by atoms with van der Waals surface area (Å²) in [5, 5.41) is 3.15. The zero-order valence-electron chi connectivity index (χ0n) is 20.3. The number of hydrogen-bond donors (Lipinski definition) is 1. The highest BCUT2D eigenvalue weighted by atomic mass is 32.2. The van der Waals surface area contributed by atoms with Gasteiger partial charge in [-0.2, -0.15) is 0 Å². The summed E-state index contributed by atoms with van der Waals surface area (Å²) < 4.78 is 5.79. The fraction of sp³-hybridized carbons (Fsp3) is 0.444. The van der Waals surface area contributed by atoms with E-state index < -0.39 is 5.25 Å². The van der Waals surface area contributed by atoms with Crippen LogP contribution in [0.4, 0.5) is 11.4 Å². The average Bonchev–Trinajstić information content (AvgIpc) is 3.41. The second kappa shape index (κ2) is 10.7. The smallest absolute Gasteiger partial charge is 0.242 e. The van der Waals surface area contributed by atoms with Gasteiger partial charge in [0.05, 0.1) is 18.3 Å². The number of hydrogen-bond acceptors (Lipinski definition) is 5. The topological polar surface area (TPSA) is 71.0 Å². The van der Waals surface area contributed by atoms with E-state index in [1.807, 2.05) is 44.2 Å². The van der Waals surface area contributed by atoms with Crippen molar-refractivity contribution in [2.75, 3.05) is 18.5 Å². The molecule has 4 rings (SSSR count).